The summed E-state index contributed by atoms with van der Waals surface area (Å²) < 4.78 is 19.5. The maximum absolute atomic E-state index is 13.8. The number of pyridine rings is 1. The molecule has 2 aromatic carbocycles. The van der Waals surface area contributed by atoms with Crippen molar-refractivity contribution < 1.29 is 13.9 Å². The molecular weight excluding hydrogens is 393 g/mol. The number of ether oxygens (including phenoxy) is 1. The molecule has 1 aliphatic rings. The Morgan fingerprint density at radius 2 is 2.00 bits per heavy atom. The lowest BCUT2D eigenvalue weighted by atomic mass is 10.1. The summed E-state index contributed by atoms with van der Waals surface area (Å²) in [5, 5.41) is 4.11. The van der Waals surface area contributed by atoms with E-state index < -0.39 is 5.82 Å². The smallest absolute Gasteiger partial charge is 0.262 e. The first-order valence-electron chi connectivity index (χ1n) is 9.62. The third-order valence-electron chi connectivity index (χ3n) is 4.97. The van der Waals surface area contributed by atoms with Gasteiger partial charge in [0.1, 0.15) is 17.1 Å². The number of amides is 1. The first-order valence-corrected chi connectivity index (χ1v) is 10.00. The molecule has 0 radical (unpaired) electrons. The Bertz CT molecular complexity index is 1040. The predicted molar refractivity (Wildman–Crippen MR) is 113 cm³/mol. The number of benzene rings is 2. The number of piperidine rings is 1. The lowest BCUT2D eigenvalue weighted by Crippen LogP contribution is -2.31. The average Bonchev–Trinajstić information content (AvgIpc) is 2.74. The number of carbonyl (C=O) groups is 1. The van der Waals surface area contributed by atoms with E-state index in [-0.39, 0.29) is 12.5 Å². The Balaban J connectivity index is 1.48. The third kappa shape index (κ3) is 4.43. The molecule has 1 fully saturated rings. The number of carbonyl (C=O) groups excluding carboxylic acids is 1. The van der Waals surface area contributed by atoms with E-state index in [9.17, 15) is 9.18 Å². The van der Waals surface area contributed by atoms with Crippen LogP contribution < -0.4 is 15.0 Å². The Labute approximate surface area is 173 Å². The van der Waals surface area contributed by atoms with Crippen molar-refractivity contribution in [1.82, 2.24) is 4.98 Å². The van der Waals surface area contributed by atoms with Gasteiger partial charge in [-0.15, -0.1) is 0 Å². The summed E-state index contributed by atoms with van der Waals surface area (Å²) in [6.45, 7) is 1.57. The Morgan fingerprint density at radius 1 is 1.17 bits per heavy atom. The van der Waals surface area contributed by atoms with E-state index in [2.05, 4.69) is 15.2 Å². The molecule has 3 aromatic rings. The van der Waals surface area contributed by atoms with Gasteiger partial charge in [0.15, 0.2) is 6.61 Å². The minimum absolute atomic E-state index is 0.219. The number of fused-ring (bicyclic) bond motifs is 1. The lowest BCUT2D eigenvalue weighted by Gasteiger charge is -2.30. The van der Waals surface area contributed by atoms with Crippen LogP contribution in [0.2, 0.25) is 5.02 Å². The molecule has 150 valence electrons. The molecule has 7 heteroatoms. The van der Waals surface area contributed by atoms with Gasteiger partial charge >= 0.3 is 0 Å². The van der Waals surface area contributed by atoms with Gasteiger partial charge in [-0.25, -0.2) is 4.39 Å². The summed E-state index contributed by atoms with van der Waals surface area (Å²) in [6, 6.07) is 11.5. The van der Waals surface area contributed by atoms with Crippen LogP contribution in [-0.2, 0) is 4.79 Å². The fourth-order valence-corrected chi connectivity index (χ4v) is 3.79. The van der Waals surface area contributed by atoms with Gasteiger partial charge in [0.2, 0.25) is 0 Å². The number of nitrogens with one attached hydrogen (secondary N) is 1. The molecule has 0 saturated carbocycles. The maximum Gasteiger partial charge on any atom is 0.262 e. The highest BCUT2D eigenvalue weighted by atomic mass is 35.5. The van der Waals surface area contributed by atoms with Crippen molar-refractivity contribution in [2.24, 2.45) is 0 Å². The normalized spacial score (nSPS) is 14.1. The first-order chi connectivity index (χ1) is 14.1. The zero-order valence-electron chi connectivity index (χ0n) is 15.8. The molecule has 29 heavy (non-hydrogen) atoms. The second kappa shape index (κ2) is 8.66. The molecule has 1 amide bonds. The molecule has 1 aromatic heterocycles. The van der Waals surface area contributed by atoms with Crippen LogP contribution in [0.25, 0.3) is 10.9 Å². The topological polar surface area (TPSA) is 54.5 Å². The van der Waals surface area contributed by atoms with E-state index in [1.807, 2.05) is 6.07 Å². The van der Waals surface area contributed by atoms with Gasteiger partial charge < -0.3 is 15.0 Å². The fraction of sp³-hybridized carbons (Fsp3) is 0.273. The van der Waals surface area contributed by atoms with Crippen LogP contribution >= 0.6 is 11.6 Å². The monoisotopic (exact) mass is 413 g/mol. The van der Waals surface area contributed by atoms with Crippen LogP contribution in [0.15, 0.2) is 48.7 Å². The van der Waals surface area contributed by atoms with Crippen molar-refractivity contribution >= 4 is 39.8 Å². The second-order valence-electron chi connectivity index (χ2n) is 6.99. The molecule has 5 nitrogen and oxygen atoms in total. The van der Waals surface area contributed by atoms with Crippen LogP contribution in [0.4, 0.5) is 15.8 Å². The van der Waals surface area contributed by atoms with Gasteiger partial charge in [0.25, 0.3) is 5.91 Å². The van der Waals surface area contributed by atoms with E-state index >= 15 is 0 Å². The summed E-state index contributed by atoms with van der Waals surface area (Å²) in [5.41, 5.74) is 1.88. The van der Waals surface area contributed by atoms with Crippen LogP contribution in [0.5, 0.6) is 5.75 Å². The average molecular weight is 414 g/mol. The molecule has 1 aliphatic heterocycles. The summed E-state index contributed by atoms with van der Waals surface area (Å²) in [5.74, 6) is -0.293. The van der Waals surface area contributed by atoms with Crippen molar-refractivity contribution in [3.05, 3.63) is 59.5 Å². The minimum atomic E-state index is -0.394. The predicted octanol–water partition coefficient (Wildman–Crippen LogP) is 5.04. The molecule has 0 unspecified atom stereocenters. The molecule has 4 rings (SSSR count). The van der Waals surface area contributed by atoms with Crippen molar-refractivity contribution in [2.75, 3.05) is 29.9 Å². The quantitative estimate of drug-likeness (QED) is 0.637. The Morgan fingerprint density at radius 3 is 2.83 bits per heavy atom. The van der Waals surface area contributed by atoms with Gasteiger partial charge in [-0.1, -0.05) is 11.6 Å². The zero-order valence-corrected chi connectivity index (χ0v) is 16.6. The lowest BCUT2D eigenvalue weighted by molar-refractivity contribution is -0.118. The summed E-state index contributed by atoms with van der Waals surface area (Å²) >= 11 is 6.19. The van der Waals surface area contributed by atoms with Crippen molar-refractivity contribution in [2.45, 2.75) is 19.3 Å². The number of rotatable bonds is 5. The van der Waals surface area contributed by atoms with Gasteiger partial charge in [0, 0.05) is 24.7 Å². The van der Waals surface area contributed by atoms with Gasteiger partial charge in [0.05, 0.1) is 16.4 Å². The van der Waals surface area contributed by atoms with E-state index in [1.54, 1.807) is 30.5 Å². The molecule has 0 atom stereocenters. The highest BCUT2D eigenvalue weighted by Gasteiger charge is 2.17. The Kier molecular flexibility index (Phi) is 5.81. The number of hydrogen-bond donors (Lipinski definition) is 1. The number of aromatic nitrogens is 1. The van der Waals surface area contributed by atoms with Crippen molar-refractivity contribution in [3.8, 4) is 5.75 Å². The number of anilines is 2. The van der Waals surface area contributed by atoms with Crippen LogP contribution in [0.1, 0.15) is 19.3 Å². The summed E-state index contributed by atoms with van der Waals surface area (Å²) in [4.78, 5) is 19.0. The largest absolute Gasteiger partial charge is 0.481 e. The number of halogens is 2. The van der Waals surface area contributed by atoms with Crippen molar-refractivity contribution in [1.29, 1.82) is 0 Å². The minimum Gasteiger partial charge on any atom is -0.481 e. The van der Waals surface area contributed by atoms with Crippen molar-refractivity contribution in [3.63, 3.8) is 0 Å². The zero-order chi connectivity index (χ0) is 20.2. The van der Waals surface area contributed by atoms with E-state index in [0.717, 1.165) is 37.0 Å². The van der Waals surface area contributed by atoms with Crippen LogP contribution in [0, 0.1) is 5.82 Å². The number of nitrogens with zero attached hydrogens (tertiary/aromatic N) is 2. The molecule has 1 saturated heterocycles. The first kappa shape index (κ1) is 19.5. The van der Waals surface area contributed by atoms with Crippen LogP contribution in [0.3, 0.4) is 0 Å². The van der Waals surface area contributed by atoms with Gasteiger partial charge in [-0.3, -0.25) is 9.78 Å². The maximum atomic E-state index is 13.8. The highest BCUT2D eigenvalue weighted by Crippen LogP contribution is 2.31. The van der Waals surface area contributed by atoms with E-state index in [0.29, 0.717) is 22.0 Å². The number of hydrogen-bond acceptors (Lipinski definition) is 4. The van der Waals surface area contributed by atoms with Crippen LogP contribution in [-0.4, -0.2) is 30.6 Å². The van der Waals surface area contributed by atoms with E-state index in [1.165, 1.54) is 18.6 Å². The van der Waals surface area contributed by atoms with Gasteiger partial charge in [-0.2, -0.15) is 0 Å². The fourth-order valence-electron chi connectivity index (χ4n) is 3.58. The third-order valence-corrected chi connectivity index (χ3v) is 5.30. The molecule has 0 aliphatic carbocycles. The summed E-state index contributed by atoms with van der Waals surface area (Å²) in [7, 11) is 0. The van der Waals surface area contributed by atoms with Gasteiger partial charge in [-0.05, 0) is 61.7 Å². The highest BCUT2D eigenvalue weighted by molar-refractivity contribution is 6.35. The molecule has 0 bridgehead atoms. The molecular formula is C22H21ClFN3O2. The summed E-state index contributed by atoms with van der Waals surface area (Å²) in [6.07, 6.45) is 5.01. The standard InChI is InChI=1S/C22H21ClFN3O2/c23-17-7-9-20(22-16(17)5-4-10-25-22)29-14-21(28)26-18-13-15(24)6-8-19(18)27-11-2-1-3-12-27/h4-10,13H,1-3,11-12,14H2,(H,26,28). The second-order valence-corrected chi connectivity index (χ2v) is 7.40. The Hall–Kier alpha value is -2.86. The SMILES string of the molecule is O=C(COc1ccc(Cl)c2cccnc12)Nc1cc(F)ccc1N1CCCCC1. The molecule has 1 N–H and O–H groups in total. The van der Waals surface area contributed by atoms with E-state index in [4.69, 9.17) is 16.3 Å². The molecule has 0 spiro atoms. The molecule has 2 heterocycles.